The number of carbonyl (C=O) groups is 2. The highest BCUT2D eigenvalue weighted by Crippen LogP contribution is 2.22. The summed E-state index contributed by atoms with van der Waals surface area (Å²) in [6, 6.07) is 4.96. The molecule has 0 bridgehead atoms. The molecule has 1 aromatic rings. The van der Waals surface area contributed by atoms with Gasteiger partial charge in [-0.3, -0.25) is 10.1 Å². The molecule has 0 N–H and O–H groups in total. The van der Waals surface area contributed by atoms with Crippen LogP contribution in [0.15, 0.2) is 18.2 Å². The van der Waals surface area contributed by atoms with E-state index in [2.05, 4.69) is 0 Å². The number of hydrogen-bond acceptors (Lipinski definition) is 4. The topological polar surface area (TPSA) is 77.3 Å². The number of nitro benzene ring substituents is 1. The van der Waals surface area contributed by atoms with Gasteiger partial charge in [0.15, 0.2) is 0 Å². The van der Waals surface area contributed by atoms with E-state index in [0.29, 0.717) is 31.2 Å². The van der Waals surface area contributed by atoms with Gasteiger partial charge in [0.1, 0.15) is 11.6 Å². The summed E-state index contributed by atoms with van der Waals surface area (Å²) < 4.78 is 0. The summed E-state index contributed by atoms with van der Waals surface area (Å²) in [6.07, 6.45) is 1.55. The van der Waals surface area contributed by atoms with Crippen molar-refractivity contribution < 1.29 is 14.5 Å². The molecule has 19 heavy (non-hydrogen) atoms. The van der Waals surface area contributed by atoms with Crippen LogP contribution >= 0.6 is 0 Å². The van der Waals surface area contributed by atoms with E-state index < -0.39 is 4.92 Å². The van der Waals surface area contributed by atoms with E-state index in [1.54, 1.807) is 12.1 Å². The van der Waals surface area contributed by atoms with Gasteiger partial charge in [-0.2, -0.15) is 0 Å². The maximum atomic E-state index is 11.0. The Balaban J connectivity index is 2.91. The van der Waals surface area contributed by atoms with Crippen molar-refractivity contribution in [2.45, 2.75) is 39.5 Å². The molecule has 0 aromatic heterocycles. The lowest BCUT2D eigenvalue weighted by Crippen LogP contribution is -2.01. The van der Waals surface area contributed by atoms with Gasteiger partial charge in [-0.1, -0.05) is 12.1 Å². The third kappa shape index (κ3) is 4.99. The summed E-state index contributed by atoms with van der Waals surface area (Å²) in [5.74, 6) is 0.0678. The second-order valence-corrected chi connectivity index (χ2v) is 4.62. The average Bonchev–Trinajstić information content (AvgIpc) is 2.33. The summed E-state index contributed by atoms with van der Waals surface area (Å²) in [7, 11) is 0. The van der Waals surface area contributed by atoms with Gasteiger partial charge in [-0.05, 0) is 32.3 Å². The van der Waals surface area contributed by atoms with Crippen molar-refractivity contribution in [2.24, 2.45) is 0 Å². The monoisotopic (exact) mass is 263 g/mol. The minimum atomic E-state index is -0.438. The molecule has 0 saturated heterocycles. The van der Waals surface area contributed by atoms with E-state index >= 15 is 0 Å². The first-order chi connectivity index (χ1) is 8.90. The molecule has 0 heterocycles. The molecule has 102 valence electrons. The van der Waals surface area contributed by atoms with E-state index in [9.17, 15) is 19.7 Å². The molecule has 0 aliphatic heterocycles. The van der Waals surface area contributed by atoms with E-state index in [0.717, 1.165) is 5.56 Å². The largest absolute Gasteiger partial charge is 0.300 e. The lowest BCUT2D eigenvalue weighted by atomic mass is 10.0. The van der Waals surface area contributed by atoms with Crippen molar-refractivity contribution in [1.29, 1.82) is 0 Å². The summed E-state index contributed by atoms with van der Waals surface area (Å²) >= 11 is 0. The zero-order valence-electron chi connectivity index (χ0n) is 11.1. The first kappa shape index (κ1) is 15.0. The predicted octanol–water partition coefficient (Wildman–Crippen LogP) is 2.64. The van der Waals surface area contributed by atoms with Gasteiger partial charge in [0.2, 0.25) is 0 Å². The molecule has 5 heteroatoms. The lowest BCUT2D eigenvalue weighted by Gasteiger charge is -2.05. The molecule has 0 atom stereocenters. The Hall–Kier alpha value is -2.04. The summed E-state index contributed by atoms with van der Waals surface area (Å²) in [5, 5.41) is 11.0. The van der Waals surface area contributed by atoms with E-state index in [1.165, 1.54) is 19.9 Å². The molecule has 0 unspecified atom stereocenters. The molecule has 0 fully saturated rings. The highest BCUT2D eigenvalue weighted by molar-refractivity contribution is 5.76. The fourth-order valence-electron chi connectivity index (χ4n) is 1.78. The van der Waals surface area contributed by atoms with E-state index in [1.807, 2.05) is 0 Å². The Labute approximate surface area is 111 Å². The maximum Gasteiger partial charge on any atom is 0.272 e. The molecule has 0 amide bonds. The van der Waals surface area contributed by atoms with E-state index in [-0.39, 0.29) is 17.3 Å². The Morgan fingerprint density at radius 2 is 1.68 bits per heavy atom. The number of carbonyl (C=O) groups excluding carboxylic acids is 2. The average molecular weight is 263 g/mol. The second kappa shape index (κ2) is 6.78. The summed E-state index contributed by atoms with van der Waals surface area (Å²) in [5.41, 5.74) is 1.36. The Kier molecular flexibility index (Phi) is 5.36. The van der Waals surface area contributed by atoms with Crippen molar-refractivity contribution in [1.82, 2.24) is 0 Å². The Bertz CT molecular complexity index is 508. The normalized spacial score (nSPS) is 10.2. The number of benzene rings is 1. The molecule has 0 radical (unpaired) electrons. The fraction of sp³-hybridized carbons (Fsp3) is 0.429. The number of nitro groups is 1. The summed E-state index contributed by atoms with van der Waals surface area (Å²) in [6.45, 7) is 2.96. The molecular weight excluding hydrogens is 246 g/mol. The van der Waals surface area contributed by atoms with Gasteiger partial charge in [0.05, 0.1) is 4.92 Å². The molecule has 1 rings (SSSR count). The molecule has 0 spiro atoms. The number of ketones is 2. The van der Waals surface area contributed by atoms with Gasteiger partial charge in [0, 0.05) is 24.5 Å². The molecule has 0 aliphatic rings. The standard InChI is InChI=1S/C14H17NO4/c1-10(16)3-5-12-6-8-13(7-4-11(2)17)14(9-12)15(18)19/h6,8-9H,3-5,7H2,1-2H3. The fourth-order valence-corrected chi connectivity index (χ4v) is 1.78. The van der Waals surface area contributed by atoms with Crippen LogP contribution in [-0.4, -0.2) is 16.5 Å². The first-order valence-electron chi connectivity index (χ1n) is 6.15. The zero-order chi connectivity index (χ0) is 14.4. The first-order valence-corrected chi connectivity index (χ1v) is 6.15. The van der Waals surface area contributed by atoms with Crippen LogP contribution in [0.5, 0.6) is 0 Å². The Morgan fingerprint density at radius 3 is 2.21 bits per heavy atom. The van der Waals surface area contributed by atoms with Crippen LogP contribution in [0.25, 0.3) is 0 Å². The number of aryl methyl sites for hydroxylation is 2. The van der Waals surface area contributed by atoms with Crippen LogP contribution in [0, 0.1) is 10.1 Å². The smallest absolute Gasteiger partial charge is 0.272 e. The molecular formula is C14H17NO4. The van der Waals surface area contributed by atoms with Crippen LogP contribution < -0.4 is 0 Å². The zero-order valence-corrected chi connectivity index (χ0v) is 11.1. The van der Waals surface area contributed by atoms with Gasteiger partial charge in [0.25, 0.3) is 5.69 Å². The minimum absolute atomic E-state index is 0.00922. The van der Waals surface area contributed by atoms with Crippen molar-refractivity contribution in [3.8, 4) is 0 Å². The van der Waals surface area contributed by atoms with Crippen molar-refractivity contribution in [3.05, 3.63) is 39.4 Å². The third-order valence-electron chi connectivity index (χ3n) is 2.86. The van der Waals surface area contributed by atoms with Crippen molar-refractivity contribution >= 4 is 17.3 Å². The highest BCUT2D eigenvalue weighted by Gasteiger charge is 2.15. The summed E-state index contributed by atoms with van der Waals surface area (Å²) in [4.78, 5) is 32.4. The van der Waals surface area contributed by atoms with Gasteiger partial charge in [-0.25, -0.2) is 0 Å². The number of hydrogen-bond donors (Lipinski definition) is 0. The molecule has 5 nitrogen and oxygen atoms in total. The van der Waals surface area contributed by atoms with Gasteiger partial charge < -0.3 is 9.59 Å². The second-order valence-electron chi connectivity index (χ2n) is 4.62. The third-order valence-corrected chi connectivity index (χ3v) is 2.86. The lowest BCUT2D eigenvalue weighted by molar-refractivity contribution is -0.385. The van der Waals surface area contributed by atoms with Gasteiger partial charge >= 0.3 is 0 Å². The highest BCUT2D eigenvalue weighted by atomic mass is 16.6. The van der Waals surface area contributed by atoms with E-state index in [4.69, 9.17) is 0 Å². The van der Waals surface area contributed by atoms with Crippen molar-refractivity contribution in [3.63, 3.8) is 0 Å². The quantitative estimate of drug-likeness (QED) is 0.559. The number of nitrogens with zero attached hydrogens (tertiary/aromatic N) is 1. The van der Waals surface area contributed by atoms with Crippen LogP contribution in [0.2, 0.25) is 0 Å². The molecule has 1 aromatic carbocycles. The molecule has 0 aliphatic carbocycles. The van der Waals surface area contributed by atoms with Crippen molar-refractivity contribution in [2.75, 3.05) is 0 Å². The maximum absolute atomic E-state index is 11.0. The Morgan fingerprint density at radius 1 is 1.11 bits per heavy atom. The van der Waals surface area contributed by atoms with Crippen LogP contribution in [-0.2, 0) is 22.4 Å². The van der Waals surface area contributed by atoms with Gasteiger partial charge in [-0.15, -0.1) is 0 Å². The number of Topliss-reactive ketones (excluding diaryl/α,β-unsaturated/α-hetero) is 2. The van der Waals surface area contributed by atoms with Crippen LogP contribution in [0.1, 0.15) is 37.8 Å². The van der Waals surface area contributed by atoms with Crippen LogP contribution in [0.3, 0.4) is 0 Å². The number of rotatable bonds is 7. The SMILES string of the molecule is CC(=O)CCc1ccc(CCC(C)=O)c([N+](=O)[O-])c1. The minimum Gasteiger partial charge on any atom is -0.300 e. The van der Waals surface area contributed by atoms with Crippen LogP contribution in [0.4, 0.5) is 5.69 Å². The molecule has 0 saturated carbocycles. The predicted molar refractivity (Wildman–Crippen MR) is 71.1 cm³/mol.